The van der Waals surface area contributed by atoms with Gasteiger partial charge in [0.25, 0.3) is 0 Å². The molecule has 0 saturated heterocycles. The normalized spacial score (nSPS) is 11.9. The van der Waals surface area contributed by atoms with Gasteiger partial charge in [-0.05, 0) is 26.3 Å². The molecule has 20 heavy (non-hydrogen) atoms. The van der Waals surface area contributed by atoms with Crippen molar-refractivity contribution in [3.8, 4) is 0 Å². The van der Waals surface area contributed by atoms with E-state index in [4.69, 9.17) is 10.2 Å². The molecule has 0 unspecified atom stereocenters. The highest BCUT2D eigenvalue weighted by Crippen LogP contribution is 2.02. The zero-order valence-electron chi connectivity index (χ0n) is 11.6. The fourth-order valence-electron chi connectivity index (χ4n) is 1.73. The van der Waals surface area contributed by atoms with Crippen LogP contribution in [0.3, 0.4) is 0 Å². The lowest BCUT2D eigenvalue weighted by Crippen LogP contribution is -2.48. The van der Waals surface area contributed by atoms with Gasteiger partial charge in [-0.2, -0.15) is 5.10 Å². The standard InChI is InChI=1S/C12H20N4O4/c1-8-6-9(2)16(15-8)5-3-4-13-12(20)14-10(7-17)11(18)19/h6,10,17H,3-5,7H2,1-2H3,(H,18,19)(H2,13,14,20)/t10-/m0/s1. The molecule has 0 aliphatic carbocycles. The fourth-order valence-corrected chi connectivity index (χ4v) is 1.73. The summed E-state index contributed by atoms with van der Waals surface area (Å²) in [6.07, 6.45) is 0.673. The predicted octanol–water partition coefficient (Wildman–Crippen LogP) is -0.365. The number of nitrogens with one attached hydrogen (secondary N) is 2. The molecule has 1 aromatic heterocycles. The highest BCUT2D eigenvalue weighted by Gasteiger charge is 2.17. The number of carboxylic acid groups (broad SMARTS) is 1. The van der Waals surface area contributed by atoms with Gasteiger partial charge in [0.1, 0.15) is 0 Å². The van der Waals surface area contributed by atoms with E-state index in [2.05, 4.69) is 15.7 Å². The Morgan fingerprint density at radius 3 is 2.65 bits per heavy atom. The van der Waals surface area contributed by atoms with E-state index in [0.717, 1.165) is 11.4 Å². The lowest BCUT2D eigenvalue weighted by molar-refractivity contribution is -0.140. The second-order valence-corrected chi connectivity index (χ2v) is 4.48. The van der Waals surface area contributed by atoms with Crippen molar-refractivity contribution in [3.63, 3.8) is 0 Å². The van der Waals surface area contributed by atoms with Crippen LogP contribution in [0.5, 0.6) is 0 Å². The summed E-state index contributed by atoms with van der Waals surface area (Å²) in [5, 5.41) is 26.4. The van der Waals surface area contributed by atoms with Gasteiger partial charge in [0.2, 0.25) is 0 Å². The molecule has 1 atom stereocenters. The number of aliphatic carboxylic acids is 1. The first-order chi connectivity index (χ1) is 9.43. The largest absolute Gasteiger partial charge is 0.480 e. The van der Waals surface area contributed by atoms with Crippen LogP contribution < -0.4 is 10.6 Å². The summed E-state index contributed by atoms with van der Waals surface area (Å²) in [5.41, 5.74) is 2.00. The highest BCUT2D eigenvalue weighted by molar-refractivity contribution is 5.82. The number of urea groups is 1. The molecule has 8 heteroatoms. The van der Waals surface area contributed by atoms with E-state index in [1.165, 1.54) is 0 Å². The molecule has 0 aliphatic heterocycles. The zero-order valence-corrected chi connectivity index (χ0v) is 11.6. The topological polar surface area (TPSA) is 116 Å². The molecule has 112 valence electrons. The van der Waals surface area contributed by atoms with Gasteiger partial charge in [-0.25, -0.2) is 9.59 Å². The first kappa shape index (κ1) is 16.0. The first-order valence-corrected chi connectivity index (χ1v) is 6.33. The van der Waals surface area contributed by atoms with Crippen LogP contribution >= 0.6 is 0 Å². The summed E-state index contributed by atoms with van der Waals surface area (Å²) >= 11 is 0. The predicted molar refractivity (Wildman–Crippen MR) is 71.4 cm³/mol. The van der Waals surface area contributed by atoms with E-state index < -0.39 is 24.6 Å². The second-order valence-electron chi connectivity index (χ2n) is 4.48. The van der Waals surface area contributed by atoms with Gasteiger partial charge in [-0.1, -0.05) is 0 Å². The molecule has 0 saturated carbocycles. The van der Waals surface area contributed by atoms with Crippen LogP contribution in [0, 0.1) is 13.8 Å². The molecule has 0 aromatic carbocycles. The van der Waals surface area contributed by atoms with Gasteiger partial charge in [0, 0.05) is 18.8 Å². The van der Waals surface area contributed by atoms with Gasteiger partial charge >= 0.3 is 12.0 Å². The lowest BCUT2D eigenvalue weighted by Gasteiger charge is -2.12. The molecule has 0 fully saturated rings. The summed E-state index contributed by atoms with van der Waals surface area (Å²) < 4.78 is 1.85. The van der Waals surface area contributed by atoms with Crippen molar-refractivity contribution < 1.29 is 19.8 Å². The summed E-state index contributed by atoms with van der Waals surface area (Å²) in [6, 6.07) is 0.0737. The van der Waals surface area contributed by atoms with Crippen LogP contribution in [0.4, 0.5) is 4.79 Å². The van der Waals surface area contributed by atoms with E-state index in [1.807, 2.05) is 24.6 Å². The molecule has 4 N–H and O–H groups in total. The SMILES string of the molecule is Cc1cc(C)n(CCCNC(=O)N[C@@H](CO)C(=O)O)n1. The molecular formula is C12H20N4O4. The van der Waals surface area contributed by atoms with Gasteiger partial charge < -0.3 is 20.8 Å². The number of rotatable bonds is 7. The minimum atomic E-state index is -1.29. The number of aliphatic hydroxyl groups excluding tert-OH is 1. The monoisotopic (exact) mass is 284 g/mol. The Morgan fingerprint density at radius 1 is 1.45 bits per heavy atom. The Morgan fingerprint density at radius 2 is 2.15 bits per heavy atom. The molecule has 1 aromatic rings. The first-order valence-electron chi connectivity index (χ1n) is 6.33. The van der Waals surface area contributed by atoms with Crippen LogP contribution in [0.25, 0.3) is 0 Å². The van der Waals surface area contributed by atoms with Crippen LogP contribution in [0.1, 0.15) is 17.8 Å². The third kappa shape index (κ3) is 4.88. The Bertz CT molecular complexity index is 472. The Kier molecular flexibility index (Phi) is 5.98. The van der Waals surface area contributed by atoms with Gasteiger partial charge in [-0.15, -0.1) is 0 Å². The molecule has 8 nitrogen and oxygen atoms in total. The number of hydrogen-bond acceptors (Lipinski definition) is 4. The van der Waals surface area contributed by atoms with E-state index in [9.17, 15) is 9.59 Å². The second kappa shape index (κ2) is 7.49. The van der Waals surface area contributed by atoms with Crippen LogP contribution in [-0.2, 0) is 11.3 Å². The smallest absolute Gasteiger partial charge is 0.328 e. The number of amides is 2. The third-order valence-electron chi connectivity index (χ3n) is 2.72. The van der Waals surface area contributed by atoms with Crippen molar-refractivity contribution in [2.24, 2.45) is 0 Å². The molecule has 1 rings (SSSR count). The van der Waals surface area contributed by atoms with Crippen molar-refractivity contribution in [1.82, 2.24) is 20.4 Å². The highest BCUT2D eigenvalue weighted by atomic mass is 16.4. The van der Waals surface area contributed by atoms with E-state index in [0.29, 0.717) is 19.5 Å². The quantitative estimate of drug-likeness (QED) is 0.510. The van der Waals surface area contributed by atoms with Crippen molar-refractivity contribution in [2.45, 2.75) is 32.9 Å². The average molecular weight is 284 g/mol. The van der Waals surface area contributed by atoms with Crippen LogP contribution in [-0.4, -0.2) is 51.2 Å². The summed E-state index contributed by atoms with van der Waals surface area (Å²) in [5.74, 6) is -1.27. The van der Waals surface area contributed by atoms with Gasteiger partial charge in [0.05, 0.1) is 12.3 Å². The molecule has 0 spiro atoms. The number of aromatic nitrogens is 2. The minimum Gasteiger partial charge on any atom is -0.480 e. The number of carbonyl (C=O) groups excluding carboxylic acids is 1. The summed E-state index contributed by atoms with van der Waals surface area (Å²) in [7, 11) is 0. The molecule has 0 bridgehead atoms. The van der Waals surface area contributed by atoms with Crippen molar-refractivity contribution in [1.29, 1.82) is 0 Å². The Labute approximate surface area is 116 Å². The molecule has 1 heterocycles. The maximum atomic E-state index is 11.4. The minimum absolute atomic E-state index is 0.391. The molecule has 0 aliphatic rings. The third-order valence-corrected chi connectivity index (χ3v) is 2.72. The zero-order chi connectivity index (χ0) is 15.1. The lowest BCUT2D eigenvalue weighted by atomic mass is 10.3. The average Bonchev–Trinajstić information content (AvgIpc) is 2.70. The number of carbonyl (C=O) groups is 2. The fraction of sp³-hybridized carbons (Fsp3) is 0.583. The van der Waals surface area contributed by atoms with E-state index in [1.54, 1.807) is 0 Å². The van der Waals surface area contributed by atoms with Crippen LogP contribution in [0.15, 0.2) is 6.07 Å². The van der Waals surface area contributed by atoms with Crippen molar-refractivity contribution >= 4 is 12.0 Å². The van der Waals surface area contributed by atoms with Crippen molar-refractivity contribution in [2.75, 3.05) is 13.2 Å². The molecular weight excluding hydrogens is 264 g/mol. The van der Waals surface area contributed by atoms with Gasteiger partial charge in [-0.3, -0.25) is 4.68 Å². The number of hydrogen-bond donors (Lipinski definition) is 4. The summed E-state index contributed by atoms with van der Waals surface area (Å²) in [4.78, 5) is 22.0. The Balaban J connectivity index is 2.25. The van der Waals surface area contributed by atoms with Gasteiger partial charge in [0.15, 0.2) is 6.04 Å². The van der Waals surface area contributed by atoms with Crippen molar-refractivity contribution in [3.05, 3.63) is 17.5 Å². The number of carboxylic acids is 1. The molecule has 2 amide bonds. The summed E-state index contributed by atoms with van der Waals surface area (Å²) in [6.45, 7) is 4.29. The van der Waals surface area contributed by atoms with E-state index in [-0.39, 0.29) is 0 Å². The number of aliphatic hydroxyl groups is 1. The number of aryl methyl sites for hydroxylation is 3. The maximum Gasteiger partial charge on any atom is 0.328 e. The molecule has 0 radical (unpaired) electrons. The maximum absolute atomic E-state index is 11.4. The van der Waals surface area contributed by atoms with Crippen LogP contribution in [0.2, 0.25) is 0 Å². The number of nitrogens with zero attached hydrogens (tertiary/aromatic N) is 2. The Hall–Kier alpha value is -2.09. The van der Waals surface area contributed by atoms with E-state index >= 15 is 0 Å².